The highest BCUT2D eigenvalue weighted by atomic mass is 32.1. The van der Waals surface area contributed by atoms with Crippen LogP contribution in [-0.4, -0.2) is 43.2 Å². The Kier molecular flexibility index (Phi) is 7.32. The summed E-state index contributed by atoms with van der Waals surface area (Å²) < 4.78 is 29.4. The van der Waals surface area contributed by atoms with Gasteiger partial charge in [0, 0.05) is 23.5 Å². The number of ether oxygens (including phenoxy) is 2. The van der Waals surface area contributed by atoms with Crippen molar-refractivity contribution in [1.82, 2.24) is 18.9 Å². The van der Waals surface area contributed by atoms with E-state index in [-0.39, 0.29) is 18.0 Å². The summed E-state index contributed by atoms with van der Waals surface area (Å²) in [5.74, 6) is -1.47. The Morgan fingerprint density at radius 3 is 2.57 bits per heavy atom. The lowest BCUT2D eigenvalue weighted by Crippen LogP contribution is -2.44. The first-order valence-corrected chi connectivity index (χ1v) is 12.4. The third kappa shape index (κ3) is 4.81. The van der Waals surface area contributed by atoms with Crippen molar-refractivity contribution in [3.63, 3.8) is 0 Å². The maximum atomic E-state index is 14.3. The second kappa shape index (κ2) is 10.3. The first-order valence-electron chi connectivity index (χ1n) is 11.5. The van der Waals surface area contributed by atoms with Gasteiger partial charge in [-0.1, -0.05) is 11.3 Å². The predicted molar refractivity (Wildman–Crippen MR) is 136 cm³/mol. The van der Waals surface area contributed by atoms with Crippen LogP contribution in [-0.2, 0) is 16.1 Å². The number of carboxylic acid groups (broad SMARTS) is 1. The highest BCUT2D eigenvalue weighted by molar-refractivity contribution is 7.21. The summed E-state index contributed by atoms with van der Waals surface area (Å²) in [6.07, 6.45) is 2.14. The molecule has 3 heterocycles. The number of benzene rings is 1. The summed E-state index contributed by atoms with van der Waals surface area (Å²) in [6, 6.07) is 4.31. The lowest BCUT2D eigenvalue weighted by molar-refractivity contribution is -0.140. The van der Waals surface area contributed by atoms with Crippen LogP contribution < -0.4 is 16.0 Å². The Morgan fingerprint density at radius 2 is 1.97 bits per heavy atom. The number of methoxy groups -OCH3 is 1. The van der Waals surface area contributed by atoms with Gasteiger partial charge in [0.15, 0.2) is 0 Å². The van der Waals surface area contributed by atoms with Crippen molar-refractivity contribution in [2.24, 2.45) is 0 Å². The highest BCUT2D eigenvalue weighted by Gasteiger charge is 2.28. The van der Waals surface area contributed by atoms with Crippen LogP contribution in [0.1, 0.15) is 44.0 Å². The highest BCUT2D eigenvalue weighted by Crippen LogP contribution is 2.34. The third-order valence-electron chi connectivity index (χ3n) is 6.00. The Morgan fingerprint density at radius 1 is 1.24 bits per heavy atom. The molecule has 37 heavy (non-hydrogen) atoms. The number of thiophene rings is 1. The molecule has 0 saturated heterocycles. The molecule has 4 aromatic rings. The SMILES string of the molecule is COc1ccc(F)cc1[C@H](Cn1c(=O)n(C(C)C(=O)O)c(=O)c2c(C)c(-n3cccn3)sc21)OC(C)C. The van der Waals surface area contributed by atoms with E-state index in [0.717, 1.165) is 4.57 Å². The van der Waals surface area contributed by atoms with Crippen LogP contribution in [0.2, 0.25) is 0 Å². The van der Waals surface area contributed by atoms with E-state index in [1.807, 2.05) is 0 Å². The number of nitrogens with zero attached hydrogens (tertiary/aromatic N) is 4. The minimum Gasteiger partial charge on any atom is -0.496 e. The second-order valence-corrected chi connectivity index (χ2v) is 9.78. The molecule has 2 atom stereocenters. The number of carboxylic acids is 1. The fraction of sp³-hybridized carbons (Fsp3) is 0.360. The Balaban J connectivity index is 2.03. The number of fused-ring (bicyclic) bond motifs is 1. The lowest BCUT2D eigenvalue weighted by Gasteiger charge is -2.24. The number of aliphatic carboxylic acids is 1. The lowest BCUT2D eigenvalue weighted by atomic mass is 10.1. The molecule has 0 bridgehead atoms. The van der Waals surface area contributed by atoms with E-state index in [1.54, 1.807) is 43.9 Å². The van der Waals surface area contributed by atoms with E-state index in [4.69, 9.17) is 9.47 Å². The minimum atomic E-state index is -1.42. The zero-order valence-electron chi connectivity index (χ0n) is 21.0. The molecule has 0 aliphatic heterocycles. The van der Waals surface area contributed by atoms with Crippen LogP contribution in [0.15, 0.2) is 46.2 Å². The van der Waals surface area contributed by atoms with Crippen LogP contribution in [0.3, 0.4) is 0 Å². The molecule has 0 amide bonds. The summed E-state index contributed by atoms with van der Waals surface area (Å²) in [5, 5.41) is 14.7. The summed E-state index contributed by atoms with van der Waals surface area (Å²) in [6.45, 7) is 6.47. The third-order valence-corrected chi connectivity index (χ3v) is 7.30. The molecular formula is C25H27FN4O6S. The van der Waals surface area contributed by atoms with E-state index >= 15 is 0 Å². The zero-order chi connectivity index (χ0) is 27.0. The van der Waals surface area contributed by atoms with Crippen molar-refractivity contribution >= 4 is 27.5 Å². The van der Waals surface area contributed by atoms with Crippen LogP contribution in [0.25, 0.3) is 15.2 Å². The van der Waals surface area contributed by atoms with Crippen molar-refractivity contribution in [3.05, 3.63) is 74.4 Å². The van der Waals surface area contributed by atoms with Crippen LogP contribution in [0.4, 0.5) is 4.39 Å². The van der Waals surface area contributed by atoms with Gasteiger partial charge in [-0.25, -0.2) is 23.2 Å². The summed E-state index contributed by atoms with van der Waals surface area (Å²) in [7, 11) is 1.45. The summed E-state index contributed by atoms with van der Waals surface area (Å²) in [4.78, 5) is 39.4. The number of hydrogen-bond acceptors (Lipinski definition) is 7. The maximum absolute atomic E-state index is 14.3. The van der Waals surface area contributed by atoms with Crippen molar-refractivity contribution in [1.29, 1.82) is 0 Å². The summed E-state index contributed by atoms with van der Waals surface area (Å²) >= 11 is 1.18. The number of hydrogen-bond donors (Lipinski definition) is 1. The van der Waals surface area contributed by atoms with E-state index in [2.05, 4.69) is 5.10 Å². The summed E-state index contributed by atoms with van der Waals surface area (Å²) in [5.41, 5.74) is -0.587. The first kappa shape index (κ1) is 26.3. The number of rotatable bonds is 9. The second-order valence-electron chi connectivity index (χ2n) is 8.81. The Hall–Kier alpha value is -3.77. The van der Waals surface area contributed by atoms with Gasteiger partial charge in [0.1, 0.15) is 33.5 Å². The average molecular weight is 531 g/mol. The van der Waals surface area contributed by atoms with Gasteiger partial charge in [-0.2, -0.15) is 5.10 Å². The fourth-order valence-corrected chi connectivity index (χ4v) is 5.48. The zero-order valence-corrected chi connectivity index (χ0v) is 21.8. The fourth-order valence-electron chi connectivity index (χ4n) is 4.24. The predicted octanol–water partition coefficient (Wildman–Crippen LogP) is 3.68. The van der Waals surface area contributed by atoms with Gasteiger partial charge in [0.25, 0.3) is 5.56 Å². The topological polar surface area (TPSA) is 118 Å². The number of carbonyl (C=O) groups is 1. The molecule has 0 aliphatic carbocycles. The quantitative estimate of drug-likeness (QED) is 0.351. The van der Waals surface area contributed by atoms with Crippen LogP contribution in [0.5, 0.6) is 5.75 Å². The maximum Gasteiger partial charge on any atom is 0.333 e. The van der Waals surface area contributed by atoms with Crippen molar-refractivity contribution < 1.29 is 23.8 Å². The molecule has 0 fully saturated rings. The molecule has 1 aromatic carbocycles. The first-order chi connectivity index (χ1) is 17.5. The molecule has 0 spiro atoms. The van der Waals surface area contributed by atoms with Crippen LogP contribution in [0, 0.1) is 12.7 Å². The Bertz CT molecular complexity index is 1570. The van der Waals surface area contributed by atoms with Gasteiger partial charge in [0.2, 0.25) is 0 Å². The molecule has 12 heteroatoms. The molecule has 0 aliphatic rings. The van der Waals surface area contributed by atoms with Crippen LogP contribution >= 0.6 is 11.3 Å². The van der Waals surface area contributed by atoms with Crippen molar-refractivity contribution in [3.8, 4) is 10.8 Å². The molecule has 1 N–H and O–H groups in total. The van der Waals surface area contributed by atoms with E-state index in [1.165, 1.54) is 48.1 Å². The Labute approximate surface area is 215 Å². The molecule has 10 nitrogen and oxygen atoms in total. The van der Waals surface area contributed by atoms with E-state index < -0.39 is 35.2 Å². The number of aromatic nitrogens is 4. The molecule has 4 rings (SSSR count). The molecule has 0 saturated carbocycles. The van der Waals surface area contributed by atoms with Gasteiger partial charge in [0.05, 0.1) is 25.1 Å². The smallest absolute Gasteiger partial charge is 0.333 e. The van der Waals surface area contributed by atoms with Gasteiger partial charge in [-0.05, 0) is 52.0 Å². The van der Waals surface area contributed by atoms with Gasteiger partial charge >= 0.3 is 11.7 Å². The monoisotopic (exact) mass is 530 g/mol. The van der Waals surface area contributed by atoms with E-state index in [9.17, 15) is 23.9 Å². The number of halogens is 1. The molecule has 3 aromatic heterocycles. The average Bonchev–Trinajstić information content (AvgIpc) is 3.48. The van der Waals surface area contributed by atoms with E-state index in [0.29, 0.717) is 26.7 Å². The molecular weight excluding hydrogens is 503 g/mol. The van der Waals surface area contributed by atoms with Gasteiger partial charge in [-0.3, -0.25) is 9.36 Å². The normalized spacial score (nSPS) is 13.3. The molecule has 0 radical (unpaired) electrons. The largest absolute Gasteiger partial charge is 0.496 e. The van der Waals surface area contributed by atoms with Crippen molar-refractivity contribution in [2.45, 2.75) is 52.5 Å². The standard InChI is InChI=1S/C25H27FN4O6S/c1-13(2)36-19(17-11-16(26)7-8-18(17)35-5)12-28-23-20(14(3)22(37-23)29-10-6-9-27-29)21(31)30(25(28)34)15(4)24(32)33/h6-11,13,15,19H,12H2,1-5H3,(H,32,33)/t15?,19-/m0/s1. The van der Waals surface area contributed by atoms with Gasteiger partial charge < -0.3 is 14.6 Å². The van der Waals surface area contributed by atoms with Crippen molar-refractivity contribution in [2.75, 3.05) is 7.11 Å². The minimum absolute atomic E-state index is 0.127. The number of aryl methyl sites for hydroxylation is 1. The molecule has 1 unspecified atom stereocenters. The molecule has 196 valence electrons. The van der Waals surface area contributed by atoms with Gasteiger partial charge in [-0.15, -0.1) is 0 Å².